The molecule has 1 aromatic carbocycles. The summed E-state index contributed by atoms with van der Waals surface area (Å²) in [6.45, 7) is 0.898. The van der Waals surface area contributed by atoms with E-state index in [0.717, 1.165) is 4.34 Å². The lowest BCUT2D eigenvalue weighted by Gasteiger charge is -2.27. The Balaban J connectivity index is 1.76. The van der Waals surface area contributed by atoms with E-state index in [1.807, 2.05) is 0 Å². The Hall–Kier alpha value is -1.51. The Bertz CT molecular complexity index is 851. The van der Waals surface area contributed by atoms with Crippen LogP contribution in [0.25, 0.3) is 0 Å². The lowest BCUT2D eigenvalue weighted by Crippen LogP contribution is -2.40. The van der Waals surface area contributed by atoms with Crippen molar-refractivity contribution in [2.24, 2.45) is 11.5 Å². The summed E-state index contributed by atoms with van der Waals surface area (Å²) in [5.41, 5.74) is 11.9. The van der Waals surface area contributed by atoms with Crippen LogP contribution in [0.1, 0.15) is 15.9 Å². The molecule has 150 valence electrons. The first-order valence-electron chi connectivity index (χ1n) is 8.31. The zero-order valence-corrected chi connectivity index (χ0v) is 17.4. The van der Waals surface area contributed by atoms with E-state index in [-0.39, 0.29) is 27.5 Å². The predicted octanol–water partition coefficient (Wildman–Crippen LogP) is 0.738. The molecule has 6 N–H and O–H groups in total. The van der Waals surface area contributed by atoms with Gasteiger partial charge >= 0.3 is 13.1 Å². The molecule has 1 atom stereocenters. The molecule has 0 bridgehead atoms. The number of benzene rings is 1. The maximum atomic E-state index is 11.6. The Morgan fingerprint density at radius 3 is 2.79 bits per heavy atom. The number of carbonyl (C=O) groups is 1. The minimum Gasteiger partial charge on any atom is -0.534 e. The number of carboxylic acids is 1. The molecule has 0 aliphatic carbocycles. The van der Waals surface area contributed by atoms with Gasteiger partial charge in [-0.1, -0.05) is 40.9 Å². The van der Waals surface area contributed by atoms with Gasteiger partial charge in [-0.25, -0.2) is 4.79 Å². The first-order valence-corrected chi connectivity index (χ1v) is 10.9. The van der Waals surface area contributed by atoms with Crippen molar-refractivity contribution >= 4 is 47.9 Å². The molecule has 0 spiro atoms. The van der Waals surface area contributed by atoms with E-state index < -0.39 is 13.1 Å². The van der Waals surface area contributed by atoms with Crippen LogP contribution < -0.4 is 20.9 Å². The third-order valence-corrected chi connectivity index (χ3v) is 7.62. The molecule has 9 nitrogen and oxygen atoms in total. The number of fused-ring (bicyclic) bond motifs is 1. The fourth-order valence-corrected chi connectivity index (χ4v) is 6.10. The van der Waals surface area contributed by atoms with Crippen molar-refractivity contribution in [2.45, 2.75) is 25.5 Å². The topological polar surface area (TPSA) is 154 Å². The smallest absolute Gasteiger partial charge is 0.534 e. The number of methoxy groups -OCH3 is 1. The lowest BCUT2D eigenvalue weighted by molar-refractivity contribution is 0.0690. The Labute approximate surface area is 174 Å². The van der Waals surface area contributed by atoms with Gasteiger partial charge in [0, 0.05) is 18.3 Å². The summed E-state index contributed by atoms with van der Waals surface area (Å²) in [4.78, 5) is 11.6. The molecular weight excluding hydrogens is 423 g/mol. The molecule has 2 heterocycles. The van der Waals surface area contributed by atoms with Crippen molar-refractivity contribution in [3.63, 3.8) is 0 Å². The highest BCUT2D eigenvalue weighted by atomic mass is 32.2. The molecule has 0 radical (unpaired) electrons. The Morgan fingerprint density at radius 2 is 2.14 bits per heavy atom. The molecule has 1 aliphatic heterocycles. The van der Waals surface area contributed by atoms with Crippen LogP contribution in [0, 0.1) is 0 Å². The van der Waals surface area contributed by atoms with Gasteiger partial charge in [0.2, 0.25) is 0 Å². The predicted molar refractivity (Wildman–Crippen MR) is 110 cm³/mol. The molecule has 0 unspecified atom stereocenters. The van der Waals surface area contributed by atoms with Gasteiger partial charge in [-0.3, -0.25) is 0 Å². The highest BCUT2D eigenvalue weighted by Gasteiger charge is 2.39. The largest absolute Gasteiger partial charge is 0.537 e. The molecule has 0 saturated heterocycles. The maximum Gasteiger partial charge on any atom is 0.537 e. The number of aromatic carboxylic acids is 1. The summed E-state index contributed by atoms with van der Waals surface area (Å²) in [6.07, 6.45) is 0.418. The highest BCUT2D eigenvalue weighted by Crippen LogP contribution is 2.41. The van der Waals surface area contributed by atoms with Crippen molar-refractivity contribution < 1.29 is 24.3 Å². The van der Waals surface area contributed by atoms with Crippen LogP contribution in [0.15, 0.2) is 20.8 Å². The molecule has 0 amide bonds. The molecule has 0 fully saturated rings. The number of aromatic nitrogens is 2. The van der Waals surface area contributed by atoms with E-state index in [2.05, 4.69) is 10.2 Å². The molecule has 3 rings (SSSR count). The number of nitrogens with two attached hydrogens (primary N) is 2. The Morgan fingerprint density at radius 1 is 1.43 bits per heavy atom. The fourth-order valence-electron chi connectivity index (χ4n) is 2.65. The molecular formula is C15H19BN4O5S3. The summed E-state index contributed by atoms with van der Waals surface area (Å²) >= 11 is 4.21. The van der Waals surface area contributed by atoms with Crippen LogP contribution >= 0.6 is 34.9 Å². The molecule has 1 aliphatic rings. The van der Waals surface area contributed by atoms with Gasteiger partial charge in [0.1, 0.15) is 17.1 Å². The van der Waals surface area contributed by atoms with Crippen molar-refractivity contribution in [2.75, 3.05) is 20.2 Å². The molecule has 0 saturated carbocycles. The van der Waals surface area contributed by atoms with Gasteiger partial charge in [-0.2, -0.15) is 0 Å². The molecule has 1 aromatic heterocycles. The monoisotopic (exact) mass is 442 g/mol. The molecule has 28 heavy (non-hydrogen) atoms. The second kappa shape index (κ2) is 9.33. The number of carboxylic acid groups (broad SMARTS) is 1. The van der Waals surface area contributed by atoms with E-state index in [9.17, 15) is 14.9 Å². The van der Waals surface area contributed by atoms with Gasteiger partial charge in [-0.15, -0.1) is 10.2 Å². The minimum atomic E-state index is -1.19. The fraction of sp³-hybridized carbons (Fsp3) is 0.400. The maximum absolute atomic E-state index is 11.6. The van der Waals surface area contributed by atoms with Crippen LogP contribution in [0.3, 0.4) is 0 Å². The van der Waals surface area contributed by atoms with Gasteiger partial charge in [0.15, 0.2) is 8.68 Å². The SMILES string of the molecule is COc1ccc2c(c1C(=O)O)OB(O)[C@@H](Sc1nnc(SC(CN)CN)s1)C2. The van der Waals surface area contributed by atoms with E-state index in [0.29, 0.717) is 29.4 Å². The number of hydrogen-bond donors (Lipinski definition) is 4. The van der Waals surface area contributed by atoms with Gasteiger partial charge < -0.3 is 31.0 Å². The average molecular weight is 442 g/mol. The number of hydrogen-bond acceptors (Lipinski definition) is 11. The minimum absolute atomic E-state index is 0.0747. The van der Waals surface area contributed by atoms with Crippen molar-refractivity contribution in [3.05, 3.63) is 23.3 Å². The van der Waals surface area contributed by atoms with Crippen molar-refractivity contribution in [1.82, 2.24) is 10.2 Å². The van der Waals surface area contributed by atoms with Gasteiger partial charge in [0.05, 0.1) is 12.3 Å². The number of rotatable bonds is 8. The van der Waals surface area contributed by atoms with Crippen LogP contribution in [0.5, 0.6) is 11.5 Å². The van der Waals surface area contributed by atoms with E-state index in [1.54, 1.807) is 12.1 Å². The molecule has 13 heteroatoms. The van der Waals surface area contributed by atoms with Crippen LogP contribution in [0.4, 0.5) is 0 Å². The second-order valence-corrected chi connectivity index (χ2v) is 9.86. The zero-order chi connectivity index (χ0) is 20.3. The van der Waals surface area contributed by atoms with Gasteiger partial charge in [-0.05, 0) is 18.1 Å². The number of ether oxygens (including phenoxy) is 1. The quantitative estimate of drug-likeness (QED) is 0.338. The molecule has 2 aromatic rings. The Kier molecular flexibility index (Phi) is 7.07. The summed E-state index contributed by atoms with van der Waals surface area (Å²) in [7, 11) is 0.195. The summed E-state index contributed by atoms with van der Waals surface area (Å²) < 4.78 is 12.1. The van der Waals surface area contributed by atoms with E-state index in [1.165, 1.54) is 42.0 Å². The van der Waals surface area contributed by atoms with Crippen molar-refractivity contribution in [3.8, 4) is 11.5 Å². The summed E-state index contributed by atoms with van der Waals surface area (Å²) in [5, 5.41) is 27.9. The van der Waals surface area contributed by atoms with Gasteiger partial charge in [0.25, 0.3) is 0 Å². The second-order valence-electron chi connectivity index (χ2n) is 5.85. The lowest BCUT2D eigenvalue weighted by atomic mass is 9.77. The van der Waals surface area contributed by atoms with Crippen LogP contribution in [-0.2, 0) is 6.42 Å². The first-order chi connectivity index (χ1) is 13.5. The third-order valence-electron chi connectivity index (χ3n) is 4.05. The van der Waals surface area contributed by atoms with Crippen LogP contribution in [0.2, 0.25) is 0 Å². The first kappa shape index (κ1) is 21.2. The van der Waals surface area contributed by atoms with E-state index in [4.69, 9.17) is 20.9 Å². The standard InChI is InChI=1S/C15H19BN4O5S3/c1-24-9-3-2-7-4-10(16(23)25-12(7)11(9)13(21)22)27-15-20-19-14(28-15)26-8(5-17)6-18/h2-3,8,10,23H,4-6,17-18H2,1H3,(H,21,22)/t10-/m0/s1. The zero-order valence-electron chi connectivity index (χ0n) is 14.9. The normalized spacial score (nSPS) is 16.0. The average Bonchev–Trinajstić information content (AvgIpc) is 3.12. The number of nitrogens with zero attached hydrogens (tertiary/aromatic N) is 2. The van der Waals surface area contributed by atoms with Crippen molar-refractivity contribution in [1.29, 1.82) is 0 Å². The number of thioether (sulfide) groups is 2. The van der Waals surface area contributed by atoms with E-state index >= 15 is 0 Å². The summed E-state index contributed by atoms with van der Waals surface area (Å²) in [6, 6.07) is 3.33. The third kappa shape index (κ3) is 4.55. The van der Waals surface area contributed by atoms with Crippen LogP contribution in [-0.4, -0.2) is 64.0 Å². The highest BCUT2D eigenvalue weighted by molar-refractivity contribution is 8.04. The summed E-state index contributed by atoms with van der Waals surface area (Å²) in [5.74, 6) is -0.852.